The Hall–Kier alpha value is -5.56. The lowest BCUT2D eigenvalue weighted by Crippen LogP contribution is -2.42. The minimum atomic E-state index is -0.752. The summed E-state index contributed by atoms with van der Waals surface area (Å²) in [6.45, 7) is 5.56. The number of nitriles is 1. The molecule has 0 amide bonds. The second kappa shape index (κ2) is 9.63. The number of aromatic nitrogens is 5. The summed E-state index contributed by atoms with van der Waals surface area (Å²) in [5.74, 6) is 0.581. The van der Waals surface area contributed by atoms with Gasteiger partial charge in [-0.3, -0.25) is 9.55 Å². The Morgan fingerprint density at radius 1 is 0.975 bits per heavy atom. The van der Waals surface area contributed by atoms with Crippen molar-refractivity contribution in [3.8, 4) is 11.8 Å². The first-order valence-electron chi connectivity index (χ1n) is 12.5. The molecule has 6 aromatic rings. The number of benzene rings is 3. The van der Waals surface area contributed by atoms with E-state index in [9.17, 15) is 14.9 Å². The number of hydrogen-bond acceptors (Lipinski definition) is 8. The summed E-state index contributed by atoms with van der Waals surface area (Å²) in [4.78, 5) is 40.5. The van der Waals surface area contributed by atoms with Gasteiger partial charge in [-0.25, -0.2) is 19.1 Å². The van der Waals surface area contributed by atoms with Crippen molar-refractivity contribution >= 4 is 33.5 Å². The highest BCUT2D eigenvalue weighted by Crippen LogP contribution is 2.26. The van der Waals surface area contributed by atoms with Crippen LogP contribution in [-0.2, 0) is 6.54 Å². The summed E-state index contributed by atoms with van der Waals surface area (Å²) < 4.78 is 8.09. The van der Waals surface area contributed by atoms with Gasteiger partial charge in [-0.2, -0.15) is 10.2 Å². The molecule has 10 heteroatoms. The molecule has 10 nitrogen and oxygen atoms in total. The lowest BCUT2D eigenvalue weighted by Gasteiger charge is -2.17. The van der Waals surface area contributed by atoms with Crippen molar-refractivity contribution in [3.05, 3.63) is 116 Å². The van der Waals surface area contributed by atoms with Gasteiger partial charge in [-0.05, 0) is 42.7 Å². The molecular formula is C30H23N7O3. The summed E-state index contributed by atoms with van der Waals surface area (Å²) >= 11 is 0. The van der Waals surface area contributed by atoms with Crippen molar-refractivity contribution < 1.29 is 4.42 Å². The van der Waals surface area contributed by atoms with Crippen LogP contribution in [0.3, 0.4) is 0 Å². The van der Waals surface area contributed by atoms with Crippen LogP contribution in [0.2, 0.25) is 0 Å². The van der Waals surface area contributed by atoms with Gasteiger partial charge < -0.3 is 9.73 Å². The second-order valence-corrected chi connectivity index (χ2v) is 9.56. The van der Waals surface area contributed by atoms with E-state index in [0.29, 0.717) is 44.9 Å². The predicted molar refractivity (Wildman–Crippen MR) is 151 cm³/mol. The van der Waals surface area contributed by atoms with Crippen LogP contribution in [0.25, 0.3) is 27.6 Å². The fourth-order valence-electron chi connectivity index (χ4n) is 4.74. The van der Waals surface area contributed by atoms with E-state index >= 15 is 0 Å². The van der Waals surface area contributed by atoms with E-state index in [1.165, 1.54) is 10.8 Å². The van der Waals surface area contributed by atoms with E-state index in [4.69, 9.17) is 4.42 Å². The molecule has 0 spiro atoms. The summed E-state index contributed by atoms with van der Waals surface area (Å²) in [7, 11) is 0. The molecule has 0 unspecified atom stereocenters. The Kier molecular flexibility index (Phi) is 5.96. The molecule has 6 rings (SSSR count). The summed E-state index contributed by atoms with van der Waals surface area (Å²) in [5, 5.41) is 14.2. The molecule has 3 aromatic carbocycles. The maximum atomic E-state index is 14.1. The first-order valence-corrected chi connectivity index (χ1v) is 12.5. The Morgan fingerprint density at radius 2 is 1.80 bits per heavy atom. The molecule has 40 heavy (non-hydrogen) atoms. The molecule has 0 aliphatic carbocycles. The smallest absolute Gasteiger partial charge is 0.359 e. The van der Waals surface area contributed by atoms with Crippen molar-refractivity contribution in [1.29, 1.82) is 5.26 Å². The van der Waals surface area contributed by atoms with Crippen molar-refractivity contribution in [2.45, 2.75) is 27.3 Å². The van der Waals surface area contributed by atoms with E-state index in [2.05, 4.69) is 26.3 Å². The van der Waals surface area contributed by atoms with Crippen LogP contribution in [0.15, 0.2) is 81.0 Å². The molecule has 3 aromatic heterocycles. The largest absolute Gasteiger partial charge is 0.441 e. The molecular weight excluding hydrogens is 506 g/mol. The normalized spacial score (nSPS) is 11.2. The van der Waals surface area contributed by atoms with Crippen molar-refractivity contribution in [1.82, 2.24) is 24.1 Å². The molecule has 1 N–H and O–H groups in total. The van der Waals surface area contributed by atoms with Crippen LogP contribution in [0, 0.1) is 32.1 Å². The Labute approximate surface area is 227 Å². The first kappa shape index (κ1) is 24.8. The van der Waals surface area contributed by atoms with Crippen molar-refractivity contribution in [2.75, 3.05) is 5.32 Å². The van der Waals surface area contributed by atoms with E-state index in [0.717, 1.165) is 21.1 Å². The zero-order valence-corrected chi connectivity index (χ0v) is 22.0. The second-order valence-electron chi connectivity index (χ2n) is 9.56. The van der Waals surface area contributed by atoms with E-state index in [1.807, 2.05) is 56.3 Å². The Morgan fingerprint density at radius 3 is 2.62 bits per heavy atom. The third kappa shape index (κ3) is 4.29. The van der Waals surface area contributed by atoms with Crippen molar-refractivity contribution in [2.24, 2.45) is 0 Å². The SMILES string of the molecule is Cc1nc2cc(C)c(Nc3nc(=O)n(-c4cncc5ccccc45)c(=O)n3Cc3ccc(C)c(C#N)c3)cc2o1. The van der Waals surface area contributed by atoms with Crippen LogP contribution < -0.4 is 16.7 Å². The molecule has 0 bridgehead atoms. The number of fused-ring (bicyclic) bond motifs is 2. The Balaban J connectivity index is 1.56. The molecule has 196 valence electrons. The third-order valence-electron chi connectivity index (χ3n) is 6.81. The van der Waals surface area contributed by atoms with E-state index in [1.54, 1.807) is 25.3 Å². The number of pyridine rings is 1. The molecule has 3 heterocycles. The zero-order valence-electron chi connectivity index (χ0n) is 22.0. The number of hydrogen-bond donors (Lipinski definition) is 1. The number of oxazole rings is 1. The minimum Gasteiger partial charge on any atom is -0.441 e. The standard InChI is InChI=1S/C30H23N7O3/c1-17-8-9-20(11-22(17)13-31)16-36-28(34-24-12-27-25(10-18(24)2)33-19(3)40-27)35-29(38)37(30(36)39)26-15-32-14-21-6-4-5-7-23(21)26/h4-12,14-15H,16H2,1-3H3,(H,34,35,38). The van der Waals surface area contributed by atoms with Crippen LogP contribution in [-0.4, -0.2) is 24.1 Å². The number of anilines is 2. The number of nitrogens with zero attached hydrogens (tertiary/aromatic N) is 6. The topological polar surface area (TPSA) is 132 Å². The van der Waals surface area contributed by atoms with Gasteiger partial charge in [0.2, 0.25) is 5.95 Å². The fraction of sp³-hybridized carbons (Fsp3) is 0.133. The monoisotopic (exact) mass is 529 g/mol. The van der Waals surface area contributed by atoms with Crippen LogP contribution in [0.5, 0.6) is 0 Å². The van der Waals surface area contributed by atoms with Gasteiger partial charge in [0.15, 0.2) is 11.5 Å². The maximum absolute atomic E-state index is 14.1. The average Bonchev–Trinajstić information content (AvgIpc) is 3.30. The van der Waals surface area contributed by atoms with E-state index in [-0.39, 0.29) is 12.5 Å². The van der Waals surface area contributed by atoms with Gasteiger partial charge in [0.25, 0.3) is 0 Å². The molecule has 0 radical (unpaired) electrons. The highest BCUT2D eigenvalue weighted by atomic mass is 16.3. The van der Waals surface area contributed by atoms with Gasteiger partial charge in [0, 0.05) is 35.6 Å². The van der Waals surface area contributed by atoms with E-state index < -0.39 is 11.4 Å². The van der Waals surface area contributed by atoms with Crippen LogP contribution >= 0.6 is 0 Å². The van der Waals surface area contributed by atoms with Crippen molar-refractivity contribution in [3.63, 3.8) is 0 Å². The van der Waals surface area contributed by atoms with Gasteiger partial charge in [-0.1, -0.05) is 36.4 Å². The summed E-state index contributed by atoms with van der Waals surface area (Å²) in [6, 6.07) is 18.6. The lowest BCUT2D eigenvalue weighted by atomic mass is 10.1. The number of nitrogens with one attached hydrogen (secondary N) is 1. The summed E-state index contributed by atoms with van der Waals surface area (Å²) in [5.41, 5.74) is 3.70. The molecule has 0 atom stereocenters. The average molecular weight is 530 g/mol. The quantitative estimate of drug-likeness (QED) is 0.341. The van der Waals surface area contributed by atoms with Gasteiger partial charge >= 0.3 is 11.4 Å². The zero-order chi connectivity index (χ0) is 28.0. The maximum Gasteiger partial charge on any atom is 0.359 e. The van der Waals surface area contributed by atoms with Gasteiger partial charge in [-0.15, -0.1) is 0 Å². The highest BCUT2D eigenvalue weighted by Gasteiger charge is 2.19. The van der Waals surface area contributed by atoms with Crippen LogP contribution in [0.1, 0.15) is 28.1 Å². The lowest BCUT2D eigenvalue weighted by molar-refractivity contribution is 0.561. The molecule has 0 saturated carbocycles. The molecule has 0 saturated heterocycles. The highest BCUT2D eigenvalue weighted by molar-refractivity contribution is 5.89. The first-order chi connectivity index (χ1) is 19.3. The van der Waals surface area contributed by atoms with Crippen LogP contribution in [0.4, 0.5) is 11.6 Å². The number of rotatable bonds is 5. The predicted octanol–water partition coefficient (Wildman–Crippen LogP) is 4.67. The molecule has 0 fully saturated rings. The fourth-order valence-corrected chi connectivity index (χ4v) is 4.74. The summed E-state index contributed by atoms with van der Waals surface area (Å²) in [6.07, 6.45) is 3.15. The number of aryl methyl sites for hydroxylation is 3. The van der Waals surface area contributed by atoms with Gasteiger partial charge in [0.05, 0.1) is 30.1 Å². The Bertz CT molecular complexity index is 2110. The third-order valence-corrected chi connectivity index (χ3v) is 6.81. The molecule has 0 aliphatic heterocycles. The minimum absolute atomic E-state index is 0.0530. The van der Waals surface area contributed by atoms with Gasteiger partial charge in [0.1, 0.15) is 5.52 Å². The molecule has 0 aliphatic rings.